The number of carboxylic acids is 1. The smallest absolute Gasteiger partial charge is 0.328 e. The Kier molecular flexibility index (Phi) is 95.8. The Bertz CT molecular complexity index is 4990. The summed E-state index contributed by atoms with van der Waals surface area (Å²) in [4.78, 5) is 115. The number of ketones is 2. The van der Waals surface area contributed by atoms with Crippen molar-refractivity contribution in [2.24, 2.45) is 47.3 Å². The molecular formula is C110H187N10O17PS4. The number of aliphatic carboxylic acids is 1. The van der Waals surface area contributed by atoms with Gasteiger partial charge in [0.05, 0.1) is 39.2 Å². The van der Waals surface area contributed by atoms with Crippen LogP contribution in [0.2, 0.25) is 0 Å². The van der Waals surface area contributed by atoms with Crippen molar-refractivity contribution in [1.29, 1.82) is 0 Å². The number of benzene rings is 2. The van der Waals surface area contributed by atoms with E-state index in [0.717, 1.165) is 44.1 Å². The van der Waals surface area contributed by atoms with Crippen LogP contribution in [0.5, 0.6) is 11.5 Å². The standard InChI is InChI=1S/C10H14N2O.C10H9N.C9H13NO.C9H13NS.C8H11NO2.C8H11NOS.C6H13NO.C5H5NO2.C5H5NOS.C5H10OS.2C5H10O.C4H8O2.4C4H10.C3H9O3P.C2H6/c1-7(2)10(13)12-9-6-4-3-5-8(9)11;1-8-4-2-5-9-6-3-7-11-10(8)9;2*1-7(2)10-6-4-5-8(3)9(10)11;1-6(2)9-4-3-7(10)8(11)5-9;1-6(2)9-4-3-8(11)7(10)5-9;1-4-6(8)7-5(2)3;7-5-3-1-2-4-6(5)8;7-6-4-2-1-3-5(6)8;1-4(2)7-5(3)6;2*1-4(2)5(3)6;1-3(2)4(5)6;4*1-4(2)3;1-3(2)7(4,5)6;1-2/h3-7H,11H2,1-2H3,(H,12,13);2-7H,1H3;2*4-7H,1-3H3;3-6,11H,1-2H3;3-6,10H,1-2H3;5H,4H2,1-3H3,(H,7,8);1-4,8H;1-4,7H;4H,1-3H3;2*4H,1-3H3;3H,1-2H3,(H,5,6);4*4H,1-3H3;3H,1-2H3,(H2,4,5,6);1-2H3. The van der Waals surface area contributed by atoms with E-state index in [1.54, 1.807) is 105 Å². The number of hydrogen-bond donors (Lipinski definition) is 10. The number of fused-ring (bicyclic) bond motifs is 1. The number of Topliss-reactive ketones (excluding diaryl/α,β-unsaturated/α-hetero) is 2. The van der Waals surface area contributed by atoms with Gasteiger partial charge in [0, 0.05) is 139 Å². The fourth-order valence-corrected chi connectivity index (χ4v) is 8.67. The maximum atomic E-state index is 11.4. The average Bonchev–Trinajstić information content (AvgIpc) is 0.828. The summed E-state index contributed by atoms with van der Waals surface area (Å²) >= 11 is 16.1. The van der Waals surface area contributed by atoms with Crippen LogP contribution in [0.15, 0.2) is 198 Å². The number of nitrogens with zero attached hydrogens (tertiary/aromatic N) is 7. The first-order valence-corrected chi connectivity index (χ1v) is 52.1. The van der Waals surface area contributed by atoms with Crippen LogP contribution in [0.1, 0.15) is 324 Å². The Morgan fingerprint density at radius 2 is 0.845 bits per heavy atom. The number of aromatic hydroxyl groups is 2. The summed E-state index contributed by atoms with van der Waals surface area (Å²) in [5.74, 6) is 3.37. The largest absolute Gasteiger partial charge is 0.505 e. The molecular weight excluding hydrogens is 1890 g/mol. The lowest BCUT2D eigenvalue weighted by Gasteiger charge is -2.11. The minimum Gasteiger partial charge on any atom is -0.505 e. The van der Waals surface area contributed by atoms with E-state index >= 15 is 0 Å². The molecule has 7 heterocycles. The quantitative estimate of drug-likeness (QED) is 0.0222. The van der Waals surface area contributed by atoms with Crippen molar-refractivity contribution in [1.82, 2.24) is 38.0 Å². The maximum Gasteiger partial charge on any atom is 0.328 e. The third-order valence-electron chi connectivity index (χ3n) is 15.6. The zero-order valence-corrected chi connectivity index (χ0v) is 98.3. The van der Waals surface area contributed by atoms with E-state index in [1.165, 1.54) is 72.8 Å². The van der Waals surface area contributed by atoms with Gasteiger partial charge in [-0.2, -0.15) is 9.46 Å². The van der Waals surface area contributed by atoms with E-state index in [2.05, 4.69) is 161 Å². The molecule has 9 rings (SSSR count). The fourth-order valence-electron chi connectivity index (χ4n) is 7.41. The van der Waals surface area contributed by atoms with E-state index in [4.69, 9.17) is 60.6 Å². The minimum absolute atomic E-state index is 0.0158. The number of hydrogen-bond acceptors (Lipinski definition) is 20. The van der Waals surface area contributed by atoms with Crippen LogP contribution in [0, 0.1) is 81.9 Å². The number of carbonyl (C=O) groups excluding carboxylic acids is 5. The van der Waals surface area contributed by atoms with Crippen molar-refractivity contribution in [3.05, 3.63) is 245 Å². The van der Waals surface area contributed by atoms with Gasteiger partial charge in [0.2, 0.25) is 17.2 Å². The van der Waals surface area contributed by atoms with Crippen molar-refractivity contribution in [3.8, 4) is 11.5 Å². The van der Waals surface area contributed by atoms with Crippen molar-refractivity contribution < 1.29 is 68.9 Å². The number of para-hydroxylation sites is 3. The van der Waals surface area contributed by atoms with E-state index in [0.29, 0.717) is 49.0 Å². The lowest BCUT2D eigenvalue weighted by molar-refractivity contribution is -0.140. The summed E-state index contributed by atoms with van der Waals surface area (Å²) < 4.78 is 20.8. The maximum absolute atomic E-state index is 11.4. The van der Waals surface area contributed by atoms with Gasteiger partial charge in [0.15, 0.2) is 10.9 Å². The van der Waals surface area contributed by atoms with Gasteiger partial charge in [-0.1, -0.05) is 296 Å². The van der Waals surface area contributed by atoms with Gasteiger partial charge in [0.25, 0.3) is 11.1 Å². The summed E-state index contributed by atoms with van der Waals surface area (Å²) in [6.07, 6.45) is 15.6. The lowest BCUT2D eigenvalue weighted by Crippen LogP contribution is -2.29. The number of nitrogens with one attached hydrogen (secondary N) is 2. The van der Waals surface area contributed by atoms with Crippen molar-refractivity contribution in [2.75, 3.05) is 11.1 Å². The molecule has 0 saturated carbocycles. The summed E-state index contributed by atoms with van der Waals surface area (Å²) in [5, 5.41) is 50.8. The van der Waals surface area contributed by atoms with Gasteiger partial charge in [-0.15, -0.1) is 0 Å². The number of carboxylic acid groups (broad SMARTS) is 1. The third-order valence-corrected chi connectivity index (χ3v) is 19.0. The number of rotatable bonds is 13. The zero-order chi connectivity index (χ0) is 113. The van der Waals surface area contributed by atoms with Gasteiger partial charge < -0.3 is 70.2 Å². The normalized spacial score (nSPS) is 9.86. The van der Waals surface area contributed by atoms with Gasteiger partial charge in [0.1, 0.15) is 26.6 Å². The number of thioether (sulfide) groups is 1. The predicted molar refractivity (Wildman–Crippen MR) is 608 cm³/mol. The number of anilines is 2. The molecule has 9 aromatic rings. The van der Waals surface area contributed by atoms with Gasteiger partial charge in [-0.25, -0.2) is 0 Å². The molecule has 0 unspecified atom stereocenters. The minimum atomic E-state index is -3.74. The molecule has 7 aromatic heterocycles. The second-order valence-corrected chi connectivity index (χ2v) is 42.7. The first kappa shape index (κ1) is 152. The number of nitrogen functional groups attached to an aromatic ring is 1. The summed E-state index contributed by atoms with van der Waals surface area (Å²) in [6.45, 7) is 84.3. The first-order valence-electron chi connectivity index (χ1n) is 48.3. The number of pyridine rings is 7. The molecule has 2 aromatic carbocycles. The SMILES string of the molecule is CC.CC(=O)C(C)C.CC(=O)C(C)C.CC(=O)SC(C)C.CC(C)C.CC(C)C.CC(C)C.CC(C)C.CC(C)C(=O)Nc1ccccc1N.CC(C)C(=O)O.CC(C)P(=O)(O)O.CC(C)n1ccc(=O)c(O)c1.CC(C)n1ccc(=S)c(O)c1.CCC(=O)NC(C)C.Cc1cccc2cccnc12.Cc1cccn(C(C)C)c1=O.Cc1cccn(C(C)C)c1=S.O=c1ccccn1O.On1ccccc1=S. The number of aromatic nitrogens is 7. The Hall–Kier alpha value is -10.3. The molecule has 0 spiro atoms. The fraction of sp³-hybridized carbons (Fsp3) is 0.536. The summed E-state index contributed by atoms with van der Waals surface area (Å²) in [5.41, 5.74) is 10.1. The molecule has 0 radical (unpaired) electrons. The highest BCUT2D eigenvalue weighted by Gasteiger charge is 2.17. The Morgan fingerprint density at radius 3 is 1.13 bits per heavy atom. The molecule has 11 N–H and O–H groups in total. The summed E-state index contributed by atoms with van der Waals surface area (Å²) in [6, 6.07) is 39.5. The molecule has 0 atom stereocenters. The number of aryl methyl sites for hydroxylation is 3. The average molecular weight is 2080 g/mol. The molecule has 0 bridgehead atoms. The van der Waals surface area contributed by atoms with Crippen LogP contribution < -0.4 is 32.9 Å². The number of amides is 2. The van der Waals surface area contributed by atoms with Crippen LogP contribution in [-0.2, 0) is 33.3 Å². The van der Waals surface area contributed by atoms with Gasteiger partial charge in [-0.3, -0.25) is 52.7 Å². The van der Waals surface area contributed by atoms with E-state index in [1.807, 2.05) is 217 Å². The van der Waals surface area contributed by atoms with Gasteiger partial charge in [-0.05, 0) is 193 Å². The Balaban J connectivity index is -0.000000164. The van der Waals surface area contributed by atoms with Crippen LogP contribution in [0.4, 0.5) is 11.4 Å². The van der Waals surface area contributed by atoms with Crippen LogP contribution in [0.25, 0.3) is 10.9 Å². The molecule has 2 amide bonds. The van der Waals surface area contributed by atoms with E-state index < -0.39 is 24.8 Å². The van der Waals surface area contributed by atoms with Gasteiger partial charge >= 0.3 is 13.6 Å². The van der Waals surface area contributed by atoms with Crippen LogP contribution in [0.3, 0.4) is 0 Å². The highest BCUT2D eigenvalue weighted by Crippen LogP contribution is 2.40. The molecule has 32 heteroatoms. The Morgan fingerprint density at radius 1 is 0.465 bits per heavy atom. The molecule has 0 aliphatic heterocycles. The van der Waals surface area contributed by atoms with E-state index in [-0.39, 0.29) is 92.8 Å². The topological polar surface area (TPSA) is 405 Å². The lowest BCUT2D eigenvalue weighted by atomic mass is 10.1. The molecule has 808 valence electrons. The van der Waals surface area contributed by atoms with E-state index in [9.17, 15) is 52.8 Å². The highest BCUT2D eigenvalue weighted by atomic mass is 32.2. The Labute approximate surface area is 873 Å². The highest BCUT2D eigenvalue weighted by molar-refractivity contribution is 8.14. The first-order chi connectivity index (χ1) is 65.2. The molecule has 0 saturated heterocycles. The summed E-state index contributed by atoms with van der Waals surface area (Å²) in [7, 11) is -3.74. The second kappa shape index (κ2) is 89.6. The number of nitrogens with two attached hydrogens (primary N) is 1. The van der Waals surface area contributed by atoms with Crippen molar-refractivity contribution in [3.63, 3.8) is 0 Å². The zero-order valence-electron chi connectivity index (χ0n) is 94.2. The predicted octanol–water partition coefficient (Wildman–Crippen LogP) is 28.5. The second-order valence-electron chi connectivity index (χ2n) is 37.5. The van der Waals surface area contributed by atoms with Crippen LogP contribution in [-0.4, -0.2) is 120 Å². The molecule has 142 heavy (non-hydrogen) atoms. The molecule has 27 nitrogen and oxygen atoms in total. The van der Waals surface area contributed by atoms with Crippen molar-refractivity contribution >= 4 is 113 Å². The molecule has 0 fully saturated rings. The number of carbonyl (C=O) groups is 6. The monoisotopic (exact) mass is 2080 g/mol. The molecule has 0 aliphatic carbocycles. The third kappa shape index (κ3) is 95.9. The molecule has 0 aliphatic rings. The van der Waals surface area contributed by atoms with Crippen molar-refractivity contribution in [2.45, 2.75) is 345 Å². The van der Waals surface area contributed by atoms with Crippen LogP contribution >= 0.6 is 56.0 Å².